The summed E-state index contributed by atoms with van der Waals surface area (Å²) in [5, 5.41) is 1.42. The van der Waals surface area contributed by atoms with E-state index in [0.717, 1.165) is 25.9 Å². The van der Waals surface area contributed by atoms with Crippen LogP contribution in [0.25, 0.3) is 10.9 Å². The zero-order valence-corrected chi connectivity index (χ0v) is 13.9. The van der Waals surface area contributed by atoms with Gasteiger partial charge in [-0.1, -0.05) is 24.3 Å². The Morgan fingerprint density at radius 1 is 1.17 bits per heavy atom. The van der Waals surface area contributed by atoms with Gasteiger partial charge < -0.3 is 4.57 Å². The summed E-state index contributed by atoms with van der Waals surface area (Å²) in [6.45, 7) is 4.40. The first-order chi connectivity index (χ1) is 11.2. The fourth-order valence-corrected chi connectivity index (χ4v) is 3.72. The van der Waals surface area contributed by atoms with Crippen LogP contribution in [0.15, 0.2) is 48.8 Å². The van der Waals surface area contributed by atoms with Gasteiger partial charge in [0.2, 0.25) is 0 Å². The van der Waals surface area contributed by atoms with E-state index in [9.17, 15) is 0 Å². The predicted molar refractivity (Wildman–Crippen MR) is 94.5 cm³/mol. The summed E-state index contributed by atoms with van der Waals surface area (Å²) >= 11 is 0. The lowest BCUT2D eigenvalue weighted by atomic mass is 10.00. The molecule has 1 unspecified atom stereocenters. The highest BCUT2D eigenvalue weighted by atomic mass is 15.1. The second-order valence-electron chi connectivity index (χ2n) is 6.67. The normalized spacial score (nSPS) is 18.3. The van der Waals surface area contributed by atoms with Crippen LogP contribution in [0.3, 0.4) is 0 Å². The van der Waals surface area contributed by atoms with Crippen molar-refractivity contribution >= 4 is 10.9 Å². The Labute approximate surface area is 137 Å². The molecule has 3 nitrogen and oxygen atoms in total. The Hall–Kier alpha value is -2.13. The van der Waals surface area contributed by atoms with Gasteiger partial charge in [0.25, 0.3) is 0 Å². The van der Waals surface area contributed by atoms with E-state index in [-0.39, 0.29) is 0 Å². The van der Waals surface area contributed by atoms with Gasteiger partial charge >= 0.3 is 0 Å². The quantitative estimate of drug-likeness (QED) is 0.736. The Kier molecular flexibility index (Phi) is 3.66. The smallest absolute Gasteiger partial charge is 0.0486 e. The first kappa shape index (κ1) is 14.5. The van der Waals surface area contributed by atoms with Crippen LogP contribution in [-0.4, -0.2) is 27.5 Å². The van der Waals surface area contributed by atoms with Gasteiger partial charge in [0.1, 0.15) is 0 Å². The molecule has 118 valence electrons. The lowest BCUT2D eigenvalue weighted by Gasteiger charge is -2.31. The molecule has 4 rings (SSSR count). The fraction of sp³-hybridized carbons (Fsp3) is 0.350. The summed E-state index contributed by atoms with van der Waals surface area (Å²) in [6, 6.07) is 13.6. The zero-order chi connectivity index (χ0) is 15.8. The fourth-order valence-electron chi connectivity index (χ4n) is 3.72. The molecule has 23 heavy (non-hydrogen) atoms. The summed E-state index contributed by atoms with van der Waals surface area (Å²) in [6.07, 6.45) is 5.99. The van der Waals surface area contributed by atoms with Crippen LogP contribution in [0, 0.1) is 0 Å². The van der Waals surface area contributed by atoms with E-state index in [4.69, 9.17) is 0 Å². The highest BCUT2D eigenvalue weighted by Crippen LogP contribution is 2.32. The van der Waals surface area contributed by atoms with Crippen molar-refractivity contribution < 1.29 is 0 Å². The number of hydrogen-bond donors (Lipinski definition) is 0. The number of pyridine rings is 1. The van der Waals surface area contributed by atoms with Gasteiger partial charge in [-0.2, -0.15) is 0 Å². The third-order valence-electron chi connectivity index (χ3n) is 5.19. The van der Waals surface area contributed by atoms with Gasteiger partial charge in [0, 0.05) is 54.5 Å². The highest BCUT2D eigenvalue weighted by Gasteiger charge is 2.26. The molecular formula is C20H23N3. The number of benzene rings is 1. The van der Waals surface area contributed by atoms with Crippen LogP contribution in [-0.2, 0) is 25.9 Å². The maximum Gasteiger partial charge on any atom is 0.0486 e. The van der Waals surface area contributed by atoms with Crippen molar-refractivity contribution in [1.82, 2.24) is 14.5 Å². The van der Waals surface area contributed by atoms with E-state index in [0.29, 0.717) is 6.04 Å². The molecule has 3 heteroatoms. The maximum atomic E-state index is 4.24. The molecule has 2 aromatic heterocycles. The minimum absolute atomic E-state index is 0.601. The summed E-state index contributed by atoms with van der Waals surface area (Å²) in [5.74, 6) is 0. The van der Waals surface area contributed by atoms with Gasteiger partial charge in [0.15, 0.2) is 0 Å². The molecule has 1 aliphatic rings. The molecule has 3 heterocycles. The van der Waals surface area contributed by atoms with Crippen LogP contribution < -0.4 is 0 Å². The van der Waals surface area contributed by atoms with Crippen LogP contribution >= 0.6 is 0 Å². The molecular weight excluding hydrogens is 282 g/mol. The summed E-state index contributed by atoms with van der Waals surface area (Å²) in [4.78, 5) is 6.70. The molecule has 0 saturated carbocycles. The SMILES string of the molecule is CC1Cc2c(c3ccccc3n2CCc2cccnc2)CN1C. The standard InChI is InChI=1S/C20H23N3/c1-15-12-20-18(14-22(15)2)17-7-3-4-8-19(17)23(20)11-9-16-6-5-10-21-13-16/h3-8,10,13,15H,9,11-12,14H2,1-2H3. The minimum Gasteiger partial charge on any atom is -0.344 e. The summed E-state index contributed by atoms with van der Waals surface area (Å²) < 4.78 is 2.54. The molecule has 1 aliphatic heterocycles. The number of aryl methyl sites for hydroxylation is 2. The van der Waals surface area contributed by atoms with Gasteiger partial charge in [0.05, 0.1) is 0 Å². The first-order valence-corrected chi connectivity index (χ1v) is 8.42. The molecule has 0 radical (unpaired) electrons. The topological polar surface area (TPSA) is 21.1 Å². The van der Waals surface area contributed by atoms with Crippen LogP contribution in [0.2, 0.25) is 0 Å². The number of rotatable bonds is 3. The monoisotopic (exact) mass is 305 g/mol. The zero-order valence-electron chi connectivity index (χ0n) is 13.9. The van der Waals surface area contributed by atoms with Crippen LogP contribution in [0.4, 0.5) is 0 Å². The number of hydrogen-bond acceptors (Lipinski definition) is 2. The Balaban J connectivity index is 1.75. The molecule has 0 spiro atoms. The number of aromatic nitrogens is 2. The Morgan fingerprint density at radius 2 is 2.04 bits per heavy atom. The van der Waals surface area contributed by atoms with Crippen LogP contribution in [0.1, 0.15) is 23.7 Å². The molecule has 0 bridgehead atoms. The lowest BCUT2D eigenvalue weighted by molar-refractivity contribution is 0.228. The van der Waals surface area contributed by atoms with Crippen molar-refractivity contribution in [1.29, 1.82) is 0 Å². The largest absolute Gasteiger partial charge is 0.344 e. The molecule has 0 aliphatic carbocycles. The number of fused-ring (bicyclic) bond motifs is 3. The molecule has 1 atom stereocenters. The van der Waals surface area contributed by atoms with E-state index in [1.54, 1.807) is 0 Å². The summed E-state index contributed by atoms with van der Waals surface area (Å²) in [7, 11) is 2.23. The van der Waals surface area contributed by atoms with Crippen molar-refractivity contribution in [2.45, 2.75) is 38.9 Å². The number of para-hydroxylation sites is 1. The van der Waals surface area contributed by atoms with Crippen molar-refractivity contribution in [3.8, 4) is 0 Å². The van der Waals surface area contributed by atoms with Crippen LogP contribution in [0.5, 0.6) is 0 Å². The second kappa shape index (κ2) is 5.82. The Morgan fingerprint density at radius 3 is 2.87 bits per heavy atom. The molecule has 0 N–H and O–H groups in total. The molecule has 0 fully saturated rings. The molecule has 3 aromatic rings. The average Bonchev–Trinajstić information content (AvgIpc) is 2.88. The third-order valence-corrected chi connectivity index (χ3v) is 5.19. The lowest BCUT2D eigenvalue weighted by Crippen LogP contribution is -2.35. The third kappa shape index (κ3) is 2.55. The summed E-state index contributed by atoms with van der Waals surface area (Å²) in [5.41, 5.74) is 5.73. The van der Waals surface area contributed by atoms with Gasteiger partial charge in [-0.25, -0.2) is 0 Å². The maximum absolute atomic E-state index is 4.24. The Bertz CT molecular complexity index is 820. The van der Waals surface area contributed by atoms with E-state index >= 15 is 0 Å². The van der Waals surface area contributed by atoms with Crippen molar-refractivity contribution in [2.24, 2.45) is 0 Å². The molecule has 0 amide bonds. The van der Waals surface area contributed by atoms with E-state index in [1.165, 1.54) is 27.7 Å². The van der Waals surface area contributed by atoms with Crippen molar-refractivity contribution in [2.75, 3.05) is 7.05 Å². The minimum atomic E-state index is 0.601. The molecule has 0 saturated heterocycles. The number of likely N-dealkylation sites (N-methyl/N-ethyl adjacent to an activating group) is 1. The second-order valence-corrected chi connectivity index (χ2v) is 6.67. The van der Waals surface area contributed by atoms with Crippen molar-refractivity contribution in [3.05, 3.63) is 65.6 Å². The average molecular weight is 305 g/mol. The molecule has 1 aromatic carbocycles. The van der Waals surface area contributed by atoms with Gasteiger partial charge in [-0.3, -0.25) is 9.88 Å². The van der Waals surface area contributed by atoms with E-state index in [2.05, 4.69) is 58.8 Å². The highest BCUT2D eigenvalue weighted by molar-refractivity contribution is 5.85. The first-order valence-electron chi connectivity index (χ1n) is 8.42. The van der Waals surface area contributed by atoms with Gasteiger partial charge in [-0.15, -0.1) is 0 Å². The number of nitrogens with zero attached hydrogens (tertiary/aromatic N) is 3. The predicted octanol–water partition coefficient (Wildman–Crippen LogP) is 3.66. The van der Waals surface area contributed by atoms with E-state index < -0.39 is 0 Å². The van der Waals surface area contributed by atoms with E-state index in [1.807, 2.05) is 18.5 Å². The van der Waals surface area contributed by atoms with Crippen molar-refractivity contribution in [3.63, 3.8) is 0 Å². The van der Waals surface area contributed by atoms with Gasteiger partial charge in [-0.05, 0) is 43.7 Å².